The van der Waals surface area contributed by atoms with Gasteiger partial charge in [-0.15, -0.1) is 0 Å². The molecule has 0 saturated carbocycles. The van der Waals surface area contributed by atoms with Crippen LogP contribution in [-0.2, 0) is 6.42 Å². The normalized spacial score (nSPS) is 10.4. The molecule has 3 aromatic rings. The number of amides is 2. The van der Waals surface area contributed by atoms with Gasteiger partial charge in [0, 0.05) is 5.56 Å². The number of aromatic nitrogens is 2. The Morgan fingerprint density at radius 2 is 1.74 bits per heavy atom. The van der Waals surface area contributed by atoms with Crippen LogP contribution in [0.5, 0.6) is 11.5 Å². The zero-order valence-corrected chi connectivity index (χ0v) is 17.8. The Labute approximate surface area is 181 Å². The van der Waals surface area contributed by atoms with Crippen LogP contribution in [0.2, 0.25) is 0 Å². The van der Waals surface area contributed by atoms with Gasteiger partial charge in [-0.25, -0.2) is 4.68 Å². The Balaban J connectivity index is 1.70. The molecule has 0 atom stereocenters. The van der Waals surface area contributed by atoms with Gasteiger partial charge in [0.2, 0.25) is 0 Å². The van der Waals surface area contributed by atoms with Gasteiger partial charge in [-0.2, -0.15) is 5.10 Å². The van der Waals surface area contributed by atoms with Crippen LogP contribution >= 0.6 is 0 Å². The Morgan fingerprint density at radius 3 is 2.42 bits per heavy atom. The fourth-order valence-electron chi connectivity index (χ4n) is 3.09. The Kier molecular flexibility index (Phi) is 7.26. The zero-order valence-electron chi connectivity index (χ0n) is 17.8. The molecule has 8 nitrogen and oxygen atoms in total. The summed E-state index contributed by atoms with van der Waals surface area (Å²) in [5.41, 5.74) is 7.23. The van der Waals surface area contributed by atoms with Gasteiger partial charge in [0.1, 0.15) is 0 Å². The van der Waals surface area contributed by atoms with E-state index in [1.54, 1.807) is 22.9 Å². The molecule has 0 radical (unpaired) electrons. The van der Waals surface area contributed by atoms with E-state index in [0.717, 1.165) is 17.8 Å². The van der Waals surface area contributed by atoms with Gasteiger partial charge in [0.05, 0.1) is 36.9 Å². The lowest BCUT2D eigenvalue weighted by molar-refractivity contribution is 0.0846. The number of nitrogens with one attached hydrogen (secondary N) is 2. The van der Waals surface area contributed by atoms with Gasteiger partial charge in [0.15, 0.2) is 11.5 Å². The number of hydrogen-bond donors (Lipinski definition) is 2. The number of para-hydroxylation sites is 1. The van der Waals surface area contributed by atoms with Gasteiger partial charge in [-0.3, -0.25) is 20.4 Å². The Hall–Kier alpha value is -3.81. The smallest absolute Gasteiger partial charge is 0.273 e. The molecule has 0 fully saturated rings. The number of carbonyl (C=O) groups excluding carboxylic acids is 2. The van der Waals surface area contributed by atoms with E-state index >= 15 is 0 Å². The van der Waals surface area contributed by atoms with Crippen LogP contribution in [0.4, 0.5) is 0 Å². The monoisotopic (exact) mass is 422 g/mol. The summed E-state index contributed by atoms with van der Waals surface area (Å²) in [5, 5.41) is 4.33. The van der Waals surface area contributed by atoms with Crippen LogP contribution in [0.1, 0.15) is 46.7 Å². The van der Waals surface area contributed by atoms with Gasteiger partial charge >= 0.3 is 0 Å². The van der Waals surface area contributed by atoms with Crippen molar-refractivity contribution >= 4 is 11.8 Å². The lowest BCUT2D eigenvalue weighted by atomic mass is 10.2. The minimum absolute atomic E-state index is 0.330. The molecule has 8 heteroatoms. The first-order valence-corrected chi connectivity index (χ1v) is 10.1. The third kappa shape index (κ3) is 5.03. The van der Waals surface area contributed by atoms with Crippen molar-refractivity contribution in [2.75, 3.05) is 13.7 Å². The van der Waals surface area contributed by atoms with E-state index in [2.05, 4.69) is 16.0 Å². The van der Waals surface area contributed by atoms with E-state index in [4.69, 9.17) is 9.47 Å². The predicted molar refractivity (Wildman–Crippen MR) is 117 cm³/mol. The molecule has 0 aliphatic rings. The molecule has 2 aromatic carbocycles. The quantitative estimate of drug-likeness (QED) is 0.543. The summed E-state index contributed by atoms with van der Waals surface area (Å²) in [4.78, 5) is 25.2. The Morgan fingerprint density at radius 1 is 1.00 bits per heavy atom. The van der Waals surface area contributed by atoms with E-state index in [1.807, 2.05) is 44.2 Å². The maximum atomic E-state index is 12.7. The van der Waals surface area contributed by atoms with Gasteiger partial charge in [-0.1, -0.05) is 32.0 Å². The van der Waals surface area contributed by atoms with E-state index in [0.29, 0.717) is 35.7 Å². The van der Waals surface area contributed by atoms with Crippen LogP contribution in [0.25, 0.3) is 5.69 Å². The molecule has 31 heavy (non-hydrogen) atoms. The van der Waals surface area contributed by atoms with Crippen LogP contribution in [-0.4, -0.2) is 35.3 Å². The van der Waals surface area contributed by atoms with E-state index in [9.17, 15) is 9.59 Å². The second kappa shape index (κ2) is 10.3. The molecule has 0 unspecified atom stereocenters. The Bertz CT molecular complexity index is 1050. The van der Waals surface area contributed by atoms with Gasteiger partial charge < -0.3 is 9.47 Å². The fraction of sp³-hybridized carbons (Fsp3) is 0.261. The highest BCUT2D eigenvalue weighted by atomic mass is 16.5. The first-order valence-electron chi connectivity index (χ1n) is 10.1. The molecule has 0 aliphatic carbocycles. The van der Waals surface area contributed by atoms with Crippen molar-refractivity contribution in [2.45, 2.75) is 26.7 Å². The standard InChI is InChI=1S/C23H26N4O4/c1-4-13-31-20-12-11-16(14-21(20)30-3)22(28)25-26-23(29)18-15-24-27(19(18)5-2)17-9-7-6-8-10-17/h6-12,14-15H,4-5,13H2,1-3H3,(H,25,28)(H,26,29). The fourth-order valence-corrected chi connectivity index (χ4v) is 3.09. The second-order valence-corrected chi connectivity index (χ2v) is 6.73. The molecule has 162 valence electrons. The summed E-state index contributed by atoms with van der Waals surface area (Å²) in [7, 11) is 1.51. The molecule has 0 saturated heterocycles. The average Bonchev–Trinajstić information content (AvgIpc) is 3.25. The SMILES string of the molecule is CCCOc1ccc(C(=O)NNC(=O)c2cnn(-c3ccccc3)c2CC)cc1OC. The lowest BCUT2D eigenvalue weighted by Gasteiger charge is -2.12. The highest BCUT2D eigenvalue weighted by Crippen LogP contribution is 2.28. The molecule has 1 heterocycles. The van der Waals surface area contributed by atoms with Crippen LogP contribution < -0.4 is 20.3 Å². The average molecular weight is 422 g/mol. The highest BCUT2D eigenvalue weighted by molar-refractivity contribution is 5.99. The van der Waals surface area contributed by atoms with Gasteiger partial charge in [0.25, 0.3) is 11.8 Å². The van der Waals surface area contributed by atoms with Crippen molar-refractivity contribution in [2.24, 2.45) is 0 Å². The summed E-state index contributed by atoms with van der Waals surface area (Å²) in [6.45, 7) is 4.50. The topological polar surface area (TPSA) is 94.5 Å². The van der Waals surface area contributed by atoms with E-state index in [-0.39, 0.29) is 0 Å². The van der Waals surface area contributed by atoms with E-state index in [1.165, 1.54) is 13.3 Å². The van der Waals surface area contributed by atoms with Crippen LogP contribution in [0.15, 0.2) is 54.7 Å². The third-order valence-electron chi connectivity index (χ3n) is 4.63. The van der Waals surface area contributed by atoms with E-state index < -0.39 is 11.8 Å². The van der Waals surface area contributed by atoms with Crippen molar-refractivity contribution in [1.82, 2.24) is 20.6 Å². The number of benzene rings is 2. The summed E-state index contributed by atoms with van der Waals surface area (Å²) in [6.07, 6.45) is 2.95. The third-order valence-corrected chi connectivity index (χ3v) is 4.63. The maximum absolute atomic E-state index is 12.7. The zero-order chi connectivity index (χ0) is 22.2. The van der Waals surface area contributed by atoms with Crippen LogP contribution in [0.3, 0.4) is 0 Å². The van der Waals surface area contributed by atoms with Crippen molar-refractivity contribution in [3.8, 4) is 17.2 Å². The minimum Gasteiger partial charge on any atom is -0.493 e. The number of carbonyl (C=O) groups is 2. The van der Waals surface area contributed by atoms with Gasteiger partial charge in [-0.05, 0) is 43.2 Å². The number of hydrazine groups is 1. The molecular weight excluding hydrogens is 396 g/mol. The van der Waals surface area contributed by atoms with Crippen molar-refractivity contribution in [3.63, 3.8) is 0 Å². The molecule has 3 rings (SSSR count). The first-order chi connectivity index (χ1) is 15.1. The first kappa shape index (κ1) is 21.9. The van der Waals surface area contributed by atoms with Crippen molar-refractivity contribution in [1.29, 1.82) is 0 Å². The summed E-state index contributed by atoms with van der Waals surface area (Å²) in [5.74, 6) is 0.0973. The molecule has 2 amide bonds. The van der Waals surface area contributed by atoms with Crippen molar-refractivity contribution in [3.05, 3.63) is 71.5 Å². The number of ether oxygens (including phenoxy) is 2. The number of nitrogens with zero attached hydrogens (tertiary/aromatic N) is 2. The second-order valence-electron chi connectivity index (χ2n) is 6.73. The van der Waals surface area contributed by atoms with Crippen molar-refractivity contribution < 1.29 is 19.1 Å². The molecular formula is C23H26N4O4. The molecule has 0 bridgehead atoms. The molecule has 0 spiro atoms. The molecule has 2 N–H and O–H groups in total. The number of hydrogen-bond acceptors (Lipinski definition) is 5. The highest BCUT2D eigenvalue weighted by Gasteiger charge is 2.18. The molecule has 0 aliphatic heterocycles. The molecule has 1 aromatic heterocycles. The summed E-state index contributed by atoms with van der Waals surface area (Å²) in [6, 6.07) is 14.4. The minimum atomic E-state index is -0.470. The van der Waals surface area contributed by atoms with Crippen LogP contribution in [0, 0.1) is 0 Å². The summed E-state index contributed by atoms with van der Waals surface area (Å²) < 4.78 is 12.6. The lowest BCUT2D eigenvalue weighted by Crippen LogP contribution is -2.41. The predicted octanol–water partition coefficient (Wildman–Crippen LogP) is 3.31. The number of methoxy groups -OCH3 is 1. The number of rotatable bonds is 8. The maximum Gasteiger partial charge on any atom is 0.273 e. The summed E-state index contributed by atoms with van der Waals surface area (Å²) >= 11 is 0. The largest absolute Gasteiger partial charge is 0.493 e.